The molecule has 0 bridgehead atoms. The average Bonchev–Trinajstić information content (AvgIpc) is 2.80. The molecule has 0 radical (unpaired) electrons. The summed E-state index contributed by atoms with van der Waals surface area (Å²) in [5.41, 5.74) is 1.58. The van der Waals surface area contributed by atoms with Gasteiger partial charge in [0.25, 0.3) is 6.33 Å². The molecule has 17 heavy (non-hydrogen) atoms. The van der Waals surface area contributed by atoms with E-state index in [1.54, 1.807) is 10.9 Å². The Morgan fingerprint density at radius 2 is 2.00 bits per heavy atom. The molecule has 2 aromatic heterocycles. The summed E-state index contributed by atoms with van der Waals surface area (Å²) in [5.74, 6) is 0.779. The summed E-state index contributed by atoms with van der Waals surface area (Å²) in [6.45, 7) is 0. The van der Waals surface area contributed by atoms with Crippen molar-refractivity contribution in [2.75, 3.05) is 0 Å². The lowest BCUT2D eigenvalue weighted by Crippen LogP contribution is -2.29. The molecular weight excluding hydrogens is 236 g/mol. The van der Waals surface area contributed by atoms with Crippen molar-refractivity contribution in [3.8, 4) is 11.3 Å². The lowest BCUT2D eigenvalue weighted by molar-refractivity contribution is -0.670. The van der Waals surface area contributed by atoms with Crippen LogP contribution in [0.4, 0.5) is 0 Å². The molecule has 0 N–H and O–H groups in total. The highest BCUT2D eigenvalue weighted by molar-refractivity contribution is 6.32. The van der Waals surface area contributed by atoms with Crippen LogP contribution in [-0.4, -0.2) is 4.98 Å². The number of halogens is 1. The van der Waals surface area contributed by atoms with Gasteiger partial charge in [0, 0.05) is 11.6 Å². The van der Waals surface area contributed by atoms with Crippen LogP contribution in [-0.2, 0) is 7.05 Å². The predicted molar refractivity (Wildman–Crippen MR) is 65.6 cm³/mol. The van der Waals surface area contributed by atoms with Crippen molar-refractivity contribution < 1.29 is 8.98 Å². The summed E-state index contributed by atoms with van der Waals surface area (Å²) < 4.78 is 7.44. The molecule has 1 aromatic carbocycles. The Balaban J connectivity index is 2.24. The third-order valence-electron chi connectivity index (χ3n) is 2.65. The van der Waals surface area contributed by atoms with Crippen LogP contribution in [0.1, 0.15) is 0 Å². The molecule has 3 aromatic rings. The smallest absolute Gasteiger partial charge is 0.346 e. The second kappa shape index (κ2) is 3.86. The number of furan rings is 1. The standard InChI is InChI=1S/C13H10ClN2O/c1-16-8-15-13-10(12(16)14)7-11(17-13)9-5-3-2-4-6-9/h2-8H,1H3/q+1. The zero-order valence-electron chi connectivity index (χ0n) is 9.22. The van der Waals surface area contributed by atoms with Crippen molar-refractivity contribution in [2.24, 2.45) is 7.05 Å². The fourth-order valence-electron chi connectivity index (χ4n) is 1.75. The van der Waals surface area contributed by atoms with E-state index in [0.717, 1.165) is 16.7 Å². The van der Waals surface area contributed by atoms with Gasteiger partial charge in [0.1, 0.15) is 11.1 Å². The molecule has 0 saturated heterocycles. The van der Waals surface area contributed by atoms with Gasteiger partial charge in [0.15, 0.2) is 0 Å². The minimum atomic E-state index is 0.562. The lowest BCUT2D eigenvalue weighted by Gasteiger charge is -1.92. The van der Waals surface area contributed by atoms with Gasteiger partial charge in [-0.3, -0.25) is 0 Å². The molecule has 0 atom stereocenters. The highest BCUT2D eigenvalue weighted by Gasteiger charge is 2.16. The van der Waals surface area contributed by atoms with Gasteiger partial charge in [-0.2, -0.15) is 0 Å². The molecule has 0 fully saturated rings. The summed E-state index contributed by atoms with van der Waals surface area (Å²) in [6, 6.07) is 11.8. The second-order valence-electron chi connectivity index (χ2n) is 3.84. The fourth-order valence-corrected chi connectivity index (χ4v) is 1.93. The van der Waals surface area contributed by atoms with E-state index in [2.05, 4.69) is 4.98 Å². The summed E-state index contributed by atoms with van der Waals surface area (Å²) in [6.07, 6.45) is 1.64. The number of aryl methyl sites for hydroxylation is 1. The molecule has 84 valence electrons. The van der Waals surface area contributed by atoms with Gasteiger partial charge in [0.2, 0.25) is 5.15 Å². The van der Waals surface area contributed by atoms with E-state index >= 15 is 0 Å². The molecule has 3 nitrogen and oxygen atoms in total. The highest BCUT2D eigenvalue weighted by Crippen LogP contribution is 2.28. The topological polar surface area (TPSA) is 29.9 Å². The van der Waals surface area contributed by atoms with Crippen LogP contribution in [0.15, 0.2) is 47.1 Å². The van der Waals surface area contributed by atoms with Gasteiger partial charge in [-0.15, -0.1) is 0 Å². The van der Waals surface area contributed by atoms with E-state index < -0.39 is 0 Å². The number of hydrogen-bond acceptors (Lipinski definition) is 2. The van der Waals surface area contributed by atoms with Crippen molar-refractivity contribution in [3.63, 3.8) is 0 Å². The van der Waals surface area contributed by atoms with E-state index in [-0.39, 0.29) is 0 Å². The minimum absolute atomic E-state index is 0.562. The minimum Gasteiger partial charge on any atom is -0.419 e. The Labute approximate surface area is 103 Å². The molecule has 0 aliphatic heterocycles. The predicted octanol–water partition coefficient (Wildman–Crippen LogP) is 2.97. The van der Waals surface area contributed by atoms with Crippen molar-refractivity contribution in [3.05, 3.63) is 47.9 Å². The molecule has 0 spiro atoms. The van der Waals surface area contributed by atoms with Gasteiger partial charge in [-0.25, -0.2) is 4.57 Å². The van der Waals surface area contributed by atoms with Crippen LogP contribution in [0.5, 0.6) is 0 Å². The van der Waals surface area contributed by atoms with Crippen LogP contribution in [0.25, 0.3) is 22.4 Å². The molecule has 0 unspecified atom stereocenters. The van der Waals surface area contributed by atoms with Crippen LogP contribution in [0.2, 0.25) is 5.15 Å². The Hall–Kier alpha value is -1.87. The van der Waals surface area contributed by atoms with Crippen molar-refractivity contribution in [2.45, 2.75) is 0 Å². The Morgan fingerprint density at radius 3 is 2.76 bits per heavy atom. The Kier molecular flexibility index (Phi) is 2.34. The fraction of sp³-hybridized carbons (Fsp3) is 0.0769. The number of nitrogens with zero attached hydrogens (tertiary/aromatic N) is 2. The van der Waals surface area contributed by atoms with Gasteiger partial charge in [-0.05, 0) is 16.6 Å². The normalized spacial score (nSPS) is 10.9. The molecule has 0 aliphatic rings. The van der Waals surface area contributed by atoms with Gasteiger partial charge < -0.3 is 4.42 Å². The third kappa shape index (κ3) is 1.68. The quantitative estimate of drug-likeness (QED) is 0.487. The van der Waals surface area contributed by atoms with E-state index in [1.165, 1.54) is 0 Å². The van der Waals surface area contributed by atoms with E-state index in [4.69, 9.17) is 16.0 Å². The monoisotopic (exact) mass is 245 g/mol. The zero-order chi connectivity index (χ0) is 11.8. The van der Waals surface area contributed by atoms with E-state index in [1.807, 2.05) is 43.4 Å². The maximum Gasteiger partial charge on any atom is 0.346 e. The molecular formula is C13H10ClN2O+. The summed E-state index contributed by atoms with van der Waals surface area (Å²) in [4.78, 5) is 4.20. The second-order valence-corrected chi connectivity index (χ2v) is 4.20. The first-order valence-corrected chi connectivity index (χ1v) is 5.62. The summed E-state index contributed by atoms with van der Waals surface area (Å²) >= 11 is 6.19. The van der Waals surface area contributed by atoms with Crippen molar-refractivity contribution >= 4 is 22.7 Å². The van der Waals surface area contributed by atoms with E-state index in [9.17, 15) is 0 Å². The zero-order valence-corrected chi connectivity index (χ0v) is 9.98. The van der Waals surface area contributed by atoms with Crippen molar-refractivity contribution in [1.29, 1.82) is 0 Å². The SMILES string of the molecule is C[n+]1cnc2oc(-c3ccccc3)cc2c1Cl. The van der Waals surface area contributed by atoms with Crippen LogP contribution in [0.3, 0.4) is 0 Å². The first-order valence-electron chi connectivity index (χ1n) is 5.25. The number of aromatic nitrogens is 2. The van der Waals surface area contributed by atoms with Crippen molar-refractivity contribution in [1.82, 2.24) is 4.98 Å². The molecule has 2 heterocycles. The van der Waals surface area contributed by atoms with Gasteiger partial charge in [0.05, 0.1) is 7.05 Å². The van der Waals surface area contributed by atoms with Crippen LogP contribution >= 0.6 is 11.6 Å². The van der Waals surface area contributed by atoms with Crippen LogP contribution < -0.4 is 4.57 Å². The molecule has 4 heteroatoms. The number of benzene rings is 1. The molecule has 0 aliphatic carbocycles. The number of rotatable bonds is 1. The van der Waals surface area contributed by atoms with Crippen LogP contribution in [0, 0.1) is 0 Å². The lowest BCUT2D eigenvalue weighted by atomic mass is 10.2. The maximum atomic E-state index is 6.19. The highest BCUT2D eigenvalue weighted by atomic mass is 35.5. The average molecular weight is 246 g/mol. The maximum absolute atomic E-state index is 6.19. The van der Waals surface area contributed by atoms with Gasteiger partial charge in [-0.1, -0.05) is 30.3 Å². The molecule has 0 amide bonds. The Bertz CT molecular complexity index is 676. The molecule has 0 saturated carbocycles. The largest absolute Gasteiger partial charge is 0.419 e. The van der Waals surface area contributed by atoms with Gasteiger partial charge >= 0.3 is 5.71 Å². The summed E-state index contributed by atoms with van der Waals surface area (Å²) in [5, 5.41) is 1.46. The summed E-state index contributed by atoms with van der Waals surface area (Å²) in [7, 11) is 1.85. The first-order chi connectivity index (χ1) is 8.25. The Morgan fingerprint density at radius 1 is 1.24 bits per heavy atom. The number of hydrogen-bond donors (Lipinski definition) is 0. The van der Waals surface area contributed by atoms with E-state index in [0.29, 0.717) is 10.9 Å². The third-order valence-corrected chi connectivity index (χ3v) is 3.12. The number of fused-ring (bicyclic) bond motifs is 1. The molecule has 3 rings (SSSR count). The first kappa shape index (κ1) is 10.3.